The molecule has 3 N–H and O–H groups in total. The van der Waals surface area contributed by atoms with Gasteiger partial charge in [-0.2, -0.15) is 0 Å². The summed E-state index contributed by atoms with van der Waals surface area (Å²) in [7, 11) is 0. The minimum Gasteiger partial charge on any atom is -0.396 e. The van der Waals surface area contributed by atoms with Crippen molar-refractivity contribution in [3.05, 3.63) is 34.9 Å². The average molecular weight is 226 g/mol. The Morgan fingerprint density at radius 3 is 2.73 bits per heavy atom. The molecule has 0 saturated heterocycles. The number of halogens is 1. The van der Waals surface area contributed by atoms with E-state index in [9.17, 15) is 5.11 Å². The van der Waals surface area contributed by atoms with Gasteiger partial charge in [0.05, 0.1) is 6.61 Å². The molecule has 1 aliphatic carbocycles. The highest BCUT2D eigenvalue weighted by atomic mass is 35.5. The molecule has 0 heterocycles. The lowest BCUT2D eigenvalue weighted by Gasteiger charge is -2.19. The molecule has 0 amide bonds. The zero-order valence-corrected chi connectivity index (χ0v) is 9.59. The summed E-state index contributed by atoms with van der Waals surface area (Å²) >= 11 is 5.96. The fraction of sp³-hybridized carbons (Fsp3) is 0.500. The van der Waals surface area contributed by atoms with Crippen molar-refractivity contribution in [1.29, 1.82) is 0 Å². The Morgan fingerprint density at radius 2 is 2.27 bits per heavy atom. The predicted octanol–water partition coefficient (Wildman–Crippen LogP) is 1.94. The maximum absolute atomic E-state index is 9.41. The third-order valence-corrected chi connectivity index (χ3v) is 4.13. The van der Waals surface area contributed by atoms with Crippen LogP contribution < -0.4 is 5.73 Å². The number of benzene rings is 1. The van der Waals surface area contributed by atoms with E-state index in [0.29, 0.717) is 6.54 Å². The largest absolute Gasteiger partial charge is 0.396 e. The first-order valence-electron chi connectivity index (χ1n) is 5.15. The van der Waals surface area contributed by atoms with Crippen LogP contribution in [-0.4, -0.2) is 18.3 Å². The van der Waals surface area contributed by atoms with E-state index in [-0.39, 0.29) is 17.4 Å². The minimum atomic E-state index is -0.141. The summed E-state index contributed by atoms with van der Waals surface area (Å²) in [6.45, 7) is 2.81. The van der Waals surface area contributed by atoms with Gasteiger partial charge in [-0.15, -0.1) is 0 Å². The number of aliphatic hydroxyl groups excluding tert-OH is 1. The van der Waals surface area contributed by atoms with Gasteiger partial charge in [-0.3, -0.25) is 0 Å². The number of aliphatic hydroxyl groups is 1. The van der Waals surface area contributed by atoms with Gasteiger partial charge in [0.15, 0.2) is 0 Å². The molecule has 3 heteroatoms. The van der Waals surface area contributed by atoms with Gasteiger partial charge in [-0.1, -0.05) is 30.7 Å². The van der Waals surface area contributed by atoms with Crippen LogP contribution in [0.2, 0.25) is 5.02 Å². The van der Waals surface area contributed by atoms with Crippen molar-refractivity contribution < 1.29 is 5.11 Å². The van der Waals surface area contributed by atoms with E-state index >= 15 is 0 Å². The summed E-state index contributed by atoms with van der Waals surface area (Å²) in [4.78, 5) is 0. The molecular formula is C12H16ClNO. The highest BCUT2D eigenvalue weighted by Gasteiger charge is 2.63. The van der Waals surface area contributed by atoms with Crippen molar-refractivity contribution >= 4 is 11.6 Å². The maximum Gasteiger partial charge on any atom is 0.0508 e. The summed E-state index contributed by atoms with van der Waals surface area (Å²) in [5.41, 5.74) is 6.76. The lowest BCUT2D eigenvalue weighted by molar-refractivity contribution is 0.198. The van der Waals surface area contributed by atoms with Crippen molar-refractivity contribution in [1.82, 2.24) is 0 Å². The van der Waals surface area contributed by atoms with E-state index in [1.807, 2.05) is 18.2 Å². The molecule has 1 aromatic carbocycles. The summed E-state index contributed by atoms with van der Waals surface area (Å²) in [5, 5.41) is 10.2. The van der Waals surface area contributed by atoms with Crippen LogP contribution in [0.25, 0.3) is 0 Å². The molecule has 2 atom stereocenters. The van der Waals surface area contributed by atoms with Crippen LogP contribution >= 0.6 is 11.6 Å². The minimum absolute atomic E-state index is 0.0125. The fourth-order valence-corrected chi connectivity index (χ4v) is 2.66. The van der Waals surface area contributed by atoms with Gasteiger partial charge in [0.1, 0.15) is 0 Å². The van der Waals surface area contributed by atoms with E-state index in [4.69, 9.17) is 17.3 Å². The van der Waals surface area contributed by atoms with Crippen LogP contribution in [0, 0.1) is 5.41 Å². The summed E-state index contributed by atoms with van der Waals surface area (Å²) in [5.74, 6) is 0. The Balaban J connectivity index is 2.34. The highest BCUT2D eigenvalue weighted by molar-refractivity contribution is 6.30. The van der Waals surface area contributed by atoms with Crippen LogP contribution in [0.1, 0.15) is 18.9 Å². The van der Waals surface area contributed by atoms with E-state index in [1.54, 1.807) is 0 Å². The standard InChI is InChI=1S/C12H16ClNO/c1-11(6-12(11,7-14)8-15)9-3-2-4-10(13)5-9/h2-5,15H,6-8,14H2,1H3. The average Bonchev–Trinajstić information content (AvgIpc) is 2.87. The Labute approximate surface area is 95.1 Å². The van der Waals surface area contributed by atoms with Crippen molar-refractivity contribution in [3.8, 4) is 0 Å². The van der Waals surface area contributed by atoms with Gasteiger partial charge in [-0.05, 0) is 24.1 Å². The second kappa shape index (κ2) is 3.48. The lowest BCUT2D eigenvalue weighted by Crippen LogP contribution is -2.27. The van der Waals surface area contributed by atoms with Gasteiger partial charge < -0.3 is 10.8 Å². The number of nitrogens with two attached hydrogens (primary N) is 1. The Morgan fingerprint density at radius 1 is 1.53 bits per heavy atom. The Hall–Kier alpha value is -0.570. The topological polar surface area (TPSA) is 46.2 Å². The summed E-state index contributed by atoms with van der Waals surface area (Å²) in [6.07, 6.45) is 0.938. The third-order valence-electron chi connectivity index (χ3n) is 3.89. The lowest BCUT2D eigenvalue weighted by atomic mass is 9.88. The zero-order valence-electron chi connectivity index (χ0n) is 8.83. The van der Waals surface area contributed by atoms with E-state index < -0.39 is 0 Å². The summed E-state index contributed by atoms with van der Waals surface area (Å²) < 4.78 is 0. The maximum atomic E-state index is 9.41. The van der Waals surface area contributed by atoms with Crippen molar-refractivity contribution in [3.63, 3.8) is 0 Å². The SMILES string of the molecule is CC1(c2cccc(Cl)c2)CC1(CN)CO. The summed E-state index contributed by atoms with van der Waals surface area (Å²) in [6, 6.07) is 7.83. The molecule has 2 unspecified atom stereocenters. The van der Waals surface area contributed by atoms with E-state index in [1.165, 1.54) is 5.56 Å². The Bertz CT molecular complexity index is 376. The second-order valence-corrected chi connectivity index (χ2v) is 5.10. The molecule has 1 aliphatic rings. The molecule has 1 fully saturated rings. The van der Waals surface area contributed by atoms with Crippen LogP contribution in [0.4, 0.5) is 0 Å². The quantitative estimate of drug-likeness (QED) is 0.826. The molecule has 2 rings (SSSR count). The predicted molar refractivity (Wildman–Crippen MR) is 62.0 cm³/mol. The fourth-order valence-electron chi connectivity index (χ4n) is 2.46. The van der Waals surface area contributed by atoms with Gasteiger partial charge in [0.2, 0.25) is 0 Å². The van der Waals surface area contributed by atoms with Gasteiger partial charge in [0.25, 0.3) is 0 Å². The number of hydrogen-bond donors (Lipinski definition) is 2. The molecule has 15 heavy (non-hydrogen) atoms. The van der Waals surface area contributed by atoms with E-state index in [0.717, 1.165) is 11.4 Å². The molecule has 82 valence electrons. The third kappa shape index (κ3) is 1.48. The monoisotopic (exact) mass is 225 g/mol. The zero-order chi connectivity index (χ0) is 11.1. The number of rotatable bonds is 3. The van der Waals surface area contributed by atoms with Crippen LogP contribution in [0.15, 0.2) is 24.3 Å². The van der Waals surface area contributed by atoms with Gasteiger partial charge in [0, 0.05) is 22.4 Å². The second-order valence-electron chi connectivity index (χ2n) is 4.66. The van der Waals surface area contributed by atoms with Crippen LogP contribution in [0.5, 0.6) is 0 Å². The molecule has 1 saturated carbocycles. The molecule has 0 aliphatic heterocycles. The van der Waals surface area contributed by atoms with Crippen LogP contribution in [-0.2, 0) is 5.41 Å². The molecule has 0 bridgehead atoms. The molecule has 0 aromatic heterocycles. The molecule has 0 radical (unpaired) electrons. The van der Waals surface area contributed by atoms with Crippen molar-refractivity contribution in [2.24, 2.45) is 11.1 Å². The van der Waals surface area contributed by atoms with Crippen molar-refractivity contribution in [2.75, 3.05) is 13.2 Å². The van der Waals surface area contributed by atoms with Crippen molar-refractivity contribution in [2.45, 2.75) is 18.8 Å². The Kier molecular flexibility index (Phi) is 2.53. The van der Waals surface area contributed by atoms with Gasteiger partial charge in [-0.25, -0.2) is 0 Å². The molecule has 2 nitrogen and oxygen atoms in total. The normalized spacial score (nSPS) is 34.1. The smallest absolute Gasteiger partial charge is 0.0508 e. The molecular weight excluding hydrogens is 210 g/mol. The van der Waals surface area contributed by atoms with Gasteiger partial charge >= 0.3 is 0 Å². The molecule has 1 aromatic rings. The first-order chi connectivity index (χ1) is 7.08. The van der Waals surface area contributed by atoms with E-state index in [2.05, 4.69) is 13.0 Å². The first-order valence-corrected chi connectivity index (χ1v) is 5.53. The first kappa shape index (κ1) is 10.9. The van der Waals surface area contributed by atoms with Crippen LogP contribution in [0.3, 0.4) is 0 Å². The number of hydrogen-bond acceptors (Lipinski definition) is 2. The molecule has 0 spiro atoms. The highest BCUT2D eigenvalue weighted by Crippen LogP contribution is 2.63.